The Morgan fingerprint density at radius 3 is 2.54 bits per heavy atom. The molecule has 10 heteroatoms. The Balaban J connectivity index is 3.34. The second-order valence-electron chi connectivity index (χ2n) is 5.36. The number of nitrogens with two attached hydrogens (primary N) is 1. The molecule has 1 amide bonds. The normalized spacial score (nSPS) is 26.8. The van der Waals surface area contributed by atoms with Gasteiger partial charge in [-0.25, -0.2) is 4.79 Å². The summed E-state index contributed by atoms with van der Waals surface area (Å²) in [6, 6.07) is -1.69. The topological polar surface area (TPSA) is 164 Å². The van der Waals surface area contributed by atoms with Crippen molar-refractivity contribution in [1.82, 2.24) is 5.32 Å². The highest BCUT2D eigenvalue weighted by atomic mass is 16.6. The molecule has 0 aromatic heterocycles. The summed E-state index contributed by atoms with van der Waals surface area (Å²) in [5, 5.41) is 30.9. The number of carboxylic acid groups (broad SMARTS) is 1. The van der Waals surface area contributed by atoms with Crippen LogP contribution in [0.1, 0.15) is 13.8 Å². The molecule has 6 N–H and O–H groups in total. The molecule has 24 heavy (non-hydrogen) atoms. The molecule has 10 nitrogen and oxygen atoms in total. The molecule has 0 fully saturated rings. The van der Waals surface area contributed by atoms with Crippen molar-refractivity contribution in [2.45, 2.75) is 44.2 Å². The molecule has 1 aliphatic heterocycles. The quantitative estimate of drug-likeness (QED) is 0.260. The van der Waals surface area contributed by atoms with Crippen molar-refractivity contribution in [1.29, 1.82) is 0 Å². The Morgan fingerprint density at radius 2 is 2.12 bits per heavy atom. The number of amidine groups is 1. The maximum atomic E-state index is 11.5. The number of aliphatic carboxylic acids is 1. The minimum absolute atomic E-state index is 0.175. The molecule has 1 heterocycles. The summed E-state index contributed by atoms with van der Waals surface area (Å²) in [5.41, 5.74) is 5.58. The maximum absolute atomic E-state index is 11.5. The van der Waals surface area contributed by atoms with Crippen LogP contribution in [0.15, 0.2) is 16.8 Å². The van der Waals surface area contributed by atoms with Crippen molar-refractivity contribution in [2.24, 2.45) is 10.7 Å². The predicted octanol–water partition coefficient (Wildman–Crippen LogP) is -2.03. The number of hydrogen-bond donors (Lipinski definition) is 5. The number of aliphatic imine (C=N–C) groups is 1. The fourth-order valence-corrected chi connectivity index (χ4v) is 2.47. The van der Waals surface area contributed by atoms with Gasteiger partial charge in [-0.05, 0) is 13.0 Å². The number of carbonyl (C=O) groups is 2. The zero-order chi connectivity index (χ0) is 18.4. The first-order valence-corrected chi connectivity index (χ1v) is 7.21. The number of methoxy groups -OCH3 is 1. The average molecular weight is 345 g/mol. The molecule has 0 radical (unpaired) electrons. The molecule has 0 unspecified atom stereocenters. The van der Waals surface area contributed by atoms with E-state index in [4.69, 9.17) is 15.2 Å². The van der Waals surface area contributed by atoms with E-state index in [9.17, 15) is 24.9 Å². The lowest BCUT2D eigenvalue weighted by molar-refractivity contribution is -0.149. The van der Waals surface area contributed by atoms with Gasteiger partial charge in [0.05, 0.1) is 24.5 Å². The molecule has 0 bridgehead atoms. The summed E-state index contributed by atoms with van der Waals surface area (Å²) in [4.78, 5) is 26.9. The van der Waals surface area contributed by atoms with Gasteiger partial charge in [-0.15, -0.1) is 0 Å². The molecular weight excluding hydrogens is 322 g/mol. The first kappa shape index (κ1) is 19.9. The molecule has 0 saturated heterocycles. The molecule has 0 aliphatic carbocycles. The van der Waals surface area contributed by atoms with E-state index in [0.717, 1.165) is 0 Å². The van der Waals surface area contributed by atoms with Gasteiger partial charge >= 0.3 is 5.97 Å². The number of hydrogen-bond acceptors (Lipinski definition) is 7. The van der Waals surface area contributed by atoms with Crippen LogP contribution in [0, 0.1) is 0 Å². The largest absolute Gasteiger partial charge is 0.478 e. The number of nitrogens with one attached hydrogen (secondary N) is 1. The lowest BCUT2D eigenvalue weighted by Crippen LogP contribution is -2.60. The van der Waals surface area contributed by atoms with Crippen molar-refractivity contribution >= 4 is 17.7 Å². The first-order chi connectivity index (χ1) is 11.2. The number of aliphatic hydroxyl groups is 2. The van der Waals surface area contributed by atoms with Crippen molar-refractivity contribution in [2.75, 3.05) is 13.7 Å². The van der Waals surface area contributed by atoms with Crippen LogP contribution >= 0.6 is 0 Å². The number of amides is 1. The average Bonchev–Trinajstić information content (AvgIpc) is 2.49. The Hall–Kier alpha value is -2.17. The molecule has 5 atom stereocenters. The summed E-state index contributed by atoms with van der Waals surface area (Å²) in [7, 11) is 1.27. The van der Waals surface area contributed by atoms with Crippen molar-refractivity contribution < 1.29 is 34.4 Å². The standard InChI is InChI=1S/C14H23N3O7/c1-6(15)16-8-4-10(14(21)22)24-13(11(8)17-7(2)19)12(23-3)9(20)5-18/h4,8-9,11-13,18,20H,5H2,1-3H3,(H2,15,16)(H,17,19)(H,21,22)/t8-,9+,11+,12+,13+/m0/s1. The van der Waals surface area contributed by atoms with Crippen LogP contribution in [0.2, 0.25) is 0 Å². The third-order valence-corrected chi connectivity index (χ3v) is 3.40. The summed E-state index contributed by atoms with van der Waals surface area (Å²) in [6.07, 6.45) is -2.35. The third kappa shape index (κ3) is 4.91. The monoisotopic (exact) mass is 345 g/mol. The second kappa shape index (κ2) is 8.62. The van der Waals surface area contributed by atoms with Crippen LogP contribution in [-0.2, 0) is 19.1 Å². The highest BCUT2D eigenvalue weighted by Gasteiger charge is 2.44. The van der Waals surface area contributed by atoms with Crippen LogP contribution in [-0.4, -0.2) is 77.1 Å². The first-order valence-electron chi connectivity index (χ1n) is 7.21. The number of aliphatic hydroxyl groups excluding tert-OH is 2. The van der Waals surface area contributed by atoms with Gasteiger partial charge in [-0.3, -0.25) is 9.79 Å². The lowest BCUT2D eigenvalue weighted by Gasteiger charge is -2.39. The summed E-state index contributed by atoms with van der Waals surface area (Å²) >= 11 is 0. The lowest BCUT2D eigenvalue weighted by atomic mass is 9.92. The molecular formula is C14H23N3O7. The van der Waals surface area contributed by atoms with Crippen LogP contribution in [0.5, 0.6) is 0 Å². The van der Waals surface area contributed by atoms with Crippen LogP contribution in [0.4, 0.5) is 0 Å². The third-order valence-electron chi connectivity index (χ3n) is 3.40. The predicted molar refractivity (Wildman–Crippen MR) is 83.2 cm³/mol. The van der Waals surface area contributed by atoms with Crippen LogP contribution in [0.3, 0.4) is 0 Å². The Morgan fingerprint density at radius 1 is 1.50 bits per heavy atom. The number of carboxylic acids is 1. The van der Waals surface area contributed by atoms with E-state index in [0.29, 0.717) is 0 Å². The Labute approximate surface area is 139 Å². The molecule has 1 aliphatic rings. The van der Waals surface area contributed by atoms with Gasteiger partial charge in [0, 0.05) is 14.0 Å². The number of carbonyl (C=O) groups excluding carboxylic acids is 1. The van der Waals surface area contributed by atoms with E-state index in [1.54, 1.807) is 0 Å². The van der Waals surface area contributed by atoms with Crippen LogP contribution < -0.4 is 11.1 Å². The van der Waals surface area contributed by atoms with Gasteiger partial charge in [-0.2, -0.15) is 0 Å². The van der Waals surface area contributed by atoms with E-state index in [1.807, 2.05) is 0 Å². The molecule has 0 aromatic rings. The number of rotatable bonds is 7. The van der Waals surface area contributed by atoms with Gasteiger partial charge in [-0.1, -0.05) is 0 Å². The molecule has 0 saturated carbocycles. The smallest absolute Gasteiger partial charge is 0.370 e. The SMILES string of the molecule is CO[C@@H]([C@@H]1OC(C(=O)O)=C[C@H](N=C(C)N)[C@H]1NC(C)=O)[C@H](O)CO. The molecule has 0 aromatic carbocycles. The number of nitrogens with zero attached hydrogens (tertiary/aromatic N) is 1. The van der Waals surface area contributed by atoms with E-state index in [-0.39, 0.29) is 5.84 Å². The van der Waals surface area contributed by atoms with Gasteiger partial charge in [0.2, 0.25) is 11.7 Å². The van der Waals surface area contributed by atoms with E-state index in [1.165, 1.54) is 27.0 Å². The molecule has 136 valence electrons. The minimum atomic E-state index is -1.35. The highest BCUT2D eigenvalue weighted by molar-refractivity contribution is 5.85. The number of ether oxygens (including phenoxy) is 2. The van der Waals surface area contributed by atoms with Gasteiger partial charge in [0.25, 0.3) is 0 Å². The van der Waals surface area contributed by atoms with Gasteiger partial charge in [0.15, 0.2) is 6.10 Å². The van der Waals surface area contributed by atoms with E-state index in [2.05, 4.69) is 10.3 Å². The Kier molecular flexibility index (Phi) is 7.14. The van der Waals surface area contributed by atoms with Crippen LogP contribution in [0.25, 0.3) is 0 Å². The fourth-order valence-electron chi connectivity index (χ4n) is 2.47. The summed E-state index contributed by atoms with van der Waals surface area (Å²) in [5.74, 6) is -1.99. The van der Waals surface area contributed by atoms with E-state index < -0.39 is 54.6 Å². The van der Waals surface area contributed by atoms with Gasteiger partial charge in [0.1, 0.15) is 12.2 Å². The highest BCUT2D eigenvalue weighted by Crippen LogP contribution is 2.26. The minimum Gasteiger partial charge on any atom is -0.478 e. The van der Waals surface area contributed by atoms with Gasteiger partial charge < -0.3 is 35.8 Å². The zero-order valence-electron chi connectivity index (χ0n) is 13.7. The molecule has 1 rings (SSSR count). The summed E-state index contributed by atoms with van der Waals surface area (Å²) < 4.78 is 10.5. The maximum Gasteiger partial charge on any atom is 0.370 e. The van der Waals surface area contributed by atoms with Crippen molar-refractivity contribution in [3.63, 3.8) is 0 Å². The van der Waals surface area contributed by atoms with Crippen molar-refractivity contribution in [3.05, 3.63) is 11.8 Å². The zero-order valence-corrected chi connectivity index (χ0v) is 13.7. The molecule has 0 spiro atoms. The fraction of sp³-hybridized carbons (Fsp3) is 0.643. The second-order valence-corrected chi connectivity index (χ2v) is 5.36. The van der Waals surface area contributed by atoms with E-state index >= 15 is 0 Å². The summed E-state index contributed by atoms with van der Waals surface area (Å²) in [6.45, 7) is 2.15. The van der Waals surface area contributed by atoms with Crippen molar-refractivity contribution in [3.8, 4) is 0 Å². The Bertz CT molecular complexity index is 530.